The maximum Gasteiger partial charge on any atom is 0.419 e. The number of hydrogen-bond donors (Lipinski definition) is 0. The second-order valence-electron chi connectivity index (χ2n) is 10.1. The van der Waals surface area contributed by atoms with Crippen LogP contribution in [0, 0.1) is 0 Å². The van der Waals surface area contributed by atoms with E-state index >= 15 is 0 Å². The Balaban J connectivity index is 1.23. The molecule has 194 valence electrons. The van der Waals surface area contributed by atoms with Gasteiger partial charge in [0.15, 0.2) is 0 Å². The highest BCUT2D eigenvalue weighted by Gasteiger charge is 2.36. The van der Waals surface area contributed by atoms with Gasteiger partial charge in [0.1, 0.15) is 0 Å². The molecular weight excluding hydrogens is 499 g/mol. The summed E-state index contributed by atoms with van der Waals surface area (Å²) in [6.07, 6.45) is 11.8. The first-order valence-electron chi connectivity index (χ1n) is 13.7. The van der Waals surface area contributed by atoms with Crippen LogP contribution >= 0.6 is 0 Å². The van der Waals surface area contributed by atoms with Crippen molar-refractivity contribution >= 4 is 23.8 Å². The number of anilines is 2. The first-order valence-corrected chi connectivity index (χ1v) is 13.7. The first kappa shape index (κ1) is 24.6. The Kier molecular flexibility index (Phi) is 6.60. The fraction of sp³-hybridized carbons (Fsp3) is 0. The Bertz CT molecular complexity index is 1660. The lowest BCUT2D eigenvalue weighted by molar-refractivity contribution is 1.33. The van der Waals surface area contributed by atoms with E-state index in [4.69, 9.17) is 0 Å². The minimum absolute atomic E-state index is 0.0340. The summed E-state index contributed by atoms with van der Waals surface area (Å²) in [6, 6.07) is 45.0. The molecule has 4 aromatic carbocycles. The quantitative estimate of drug-likeness (QED) is 0.209. The molecular formula is C36H27BN4. The molecule has 4 nitrogen and oxygen atoms in total. The standard InChI is InChI=1S/C36H27BN4/c1-2-6-28(7-3-1)29-10-16-34(17-11-29)37-40(35-18-12-30(13-19-35)32-8-4-22-38-26-32)24-25-41(37)36-20-14-31(15-21-36)33-9-5-23-39-27-33/h1-27H. The molecule has 7 rings (SSSR count). The van der Waals surface area contributed by atoms with E-state index in [-0.39, 0.29) is 6.98 Å². The zero-order valence-corrected chi connectivity index (χ0v) is 22.5. The highest BCUT2D eigenvalue weighted by Crippen LogP contribution is 2.31. The molecule has 5 heteroatoms. The summed E-state index contributed by atoms with van der Waals surface area (Å²) in [4.78, 5) is 13.2. The molecule has 0 spiro atoms. The molecule has 0 fully saturated rings. The second-order valence-corrected chi connectivity index (χ2v) is 10.1. The molecule has 0 unspecified atom stereocenters. The third kappa shape index (κ3) is 5.01. The minimum Gasteiger partial charge on any atom is -0.367 e. The first-order chi connectivity index (χ1) is 20.3. The maximum absolute atomic E-state index is 4.28. The van der Waals surface area contributed by atoms with Crippen molar-refractivity contribution in [3.8, 4) is 33.4 Å². The van der Waals surface area contributed by atoms with Gasteiger partial charge in [-0.2, -0.15) is 0 Å². The molecule has 0 bridgehead atoms. The van der Waals surface area contributed by atoms with Crippen LogP contribution in [-0.2, 0) is 0 Å². The number of benzene rings is 4. The van der Waals surface area contributed by atoms with Crippen molar-refractivity contribution in [3.05, 3.63) is 165 Å². The van der Waals surface area contributed by atoms with Crippen LogP contribution in [0.2, 0.25) is 0 Å². The van der Waals surface area contributed by atoms with Gasteiger partial charge >= 0.3 is 6.98 Å². The van der Waals surface area contributed by atoms with Gasteiger partial charge in [-0.1, -0.05) is 91.0 Å². The van der Waals surface area contributed by atoms with E-state index in [1.807, 2.05) is 24.5 Å². The Morgan fingerprint density at radius 3 is 1.27 bits per heavy atom. The summed E-state index contributed by atoms with van der Waals surface area (Å²) in [5.41, 5.74) is 10.4. The second kappa shape index (κ2) is 11.0. The lowest BCUT2D eigenvalue weighted by Crippen LogP contribution is -2.53. The average molecular weight is 526 g/mol. The molecule has 0 atom stereocenters. The van der Waals surface area contributed by atoms with Crippen LogP contribution in [0.15, 0.2) is 165 Å². The SMILES string of the molecule is C1=CN(c2ccc(-c3cccnc3)cc2)B(c2ccc(-c3ccccc3)cc2)N1c1ccc(-c2cccnc2)cc1. The van der Waals surface area contributed by atoms with E-state index in [1.165, 1.54) is 16.6 Å². The topological polar surface area (TPSA) is 32.3 Å². The minimum atomic E-state index is -0.0340. The van der Waals surface area contributed by atoms with Crippen LogP contribution in [0.5, 0.6) is 0 Å². The van der Waals surface area contributed by atoms with E-state index in [9.17, 15) is 0 Å². The van der Waals surface area contributed by atoms with Gasteiger partial charge in [-0.25, -0.2) is 0 Å². The molecule has 6 aromatic rings. The Hall–Kier alpha value is -5.42. The molecule has 0 radical (unpaired) electrons. The highest BCUT2D eigenvalue weighted by molar-refractivity contribution is 6.81. The van der Waals surface area contributed by atoms with Crippen molar-refractivity contribution < 1.29 is 0 Å². The largest absolute Gasteiger partial charge is 0.419 e. The van der Waals surface area contributed by atoms with Crippen LogP contribution in [0.1, 0.15) is 0 Å². The van der Waals surface area contributed by atoms with Crippen molar-refractivity contribution in [1.29, 1.82) is 0 Å². The summed E-state index contributed by atoms with van der Waals surface area (Å²) >= 11 is 0. The van der Waals surface area contributed by atoms with Crippen molar-refractivity contribution in [2.45, 2.75) is 0 Å². The van der Waals surface area contributed by atoms with Gasteiger partial charge in [0.05, 0.1) is 0 Å². The molecule has 3 heterocycles. The number of nitrogens with zero attached hydrogens (tertiary/aromatic N) is 4. The number of aromatic nitrogens is 2. The molecule has 0 saturated heterocycles. The van der Waals surface area contributed by atoms with Crippen LogP contribution < -0.4 is 15.1 Å². The summed E-state index contributed by atoms with van der Waals surface area (Å²) in [7, 11) is 0. The van der Waals surface area contributed by atoms with Gasteiger partial charge in [-0.3, -0.25) is 9.97 Å². The highest BCUT2D eigenvalue weighted by atomic mass is 15.3. The van der Waals surface area contributed by atoms with Crippen molar-refractivity contribution in [2.24, 2.45) is 0 Å². The smallest absolute Gasteiger partial charge is 0.367 e. The molecule has 0 N–H and O–H groups in total. The normalized spacial score (nSPS) is 12.6. The van der Waals surface area contributed by atoms with Crippen LogP contribution in [0.4, 0.5) is 11.4 Å². The average Bonchev–Trinajstić information content (AvgIpc) is 3.51. The maximum atomic E-state index is 4.28. The van der Waals surface area contributed by atoms with Gasteiger partial charge in [-0.15, -0.1) is 0 Å². The molecule has 0 amide bonds. The number of pyridine rings is 2. The fourth-order valence-electron chi connectivity index (χ4n) is 5.41. The molecule has 0 saturated carbocycles. The predicted octanol–water partition coefficient (Wildman–Crippen LogP) is 7.67. The van der Waals surface area contributed by atoms with Crippen LogP contribution in [0.3, 0.4) is 0 Å². The third-order valence-electron chi connectivity index (χ3n) is 7.55. The lowest BCUT2D eigenvalue weighted by atomic mass is 9.64. The van der Waals surface area contributed by atoms with Gasteiger partial charge in [0.25, 0.3) is 0 Å². The monoisotopic (exact) mass is 526 g/mol. The van der Waals surface area contributed by atoms with Crippen molar-refractivity contribution in [2.75, 3.05) is 9.62 Å². The molecule has 1 aliphatic rings. The molecule has 41 heavy (non-hydrogen) atoms. The zero-order valence-electron chi connectivity index (χ0n) is 22.5. The van der Waals surface area contributed by atoms with Gasteiger partial charge in [-0.05, 0) is 75.2 Å². The van der Waals surface area contributed by atoms with Crippen LogP contribution in [0.25, 0.3) is 33.4 Å². The number of rotatable bonds is 6. The van der Waals surface area contributed by atoms with E-state index < -0.39 is 0 Å². The summed E-state index contributed by atoms with van der Waals surface area (Å²) in [5, 5.41) is 0. The summed E-state index contributed by atoms with van der Waals surface area (Å²) in [5.74, 6) is 0. The van der Waals surface area contributed by atoms with Crippen molar-refractivity contribution in [1.82, 2.24) is 9.97 Å². The molecule has 1 aliphatic heterocycles. The van der Waals surface area contributed by atoms with Gasteiger partial charge in [0.2, 0.25) is 0 Å². The van der Waals surface area contributed by atoms with E-state index in [0.717, 1.165) is 33.6 Å². The fourth-order valence-corrected chi connectivity index (χ4v) is 5.41. The van der Waals surface area contributed by atoms with Gasteiger partial charge < -0.3 is 9.62 Å². The predicted molar refractivity (Wildman–Crippen MR) is 171 cm³/mol. The Morgan fingerprint density at radius 1 is 0.390 bits per heavy atom. The van der Waals surface area contributed by atoms with Crippen LogP contribution in [-0.4, -0.2) is 17.0 Å². The van der Waals surface area contributed by atoms with E-state index in [1.54, 1.807) is 12.4 Å². The number of hydrogen-bond acceptors (Lipinski definition) is 4. The third-order valence-corrected chi connectivity index (χ3v) is 7.55. The van der Waals surface area contributed by atoms with Crippen molar-refractivity contribution in [3.63, 3.8) is 0 Å². The summed E-state index contributed by atoms with van der Waals surface area (Å²) < 4.78 is 0. The molecule has 0 aliphatic carbocycles. The van der Waals surface area contributed by atoms with Gasteiger partial charge in [0, 0.05) is 48.6 Å². The molecule has 2 aromatic heterocycles. The Morgan fingerprint density at radius 2 is 0.805 bits per heavy atom. The lowest BCUT2D eigenvalue weighted by Gasteiger charge is -2.30. The summed E-state index contributed by atoms with van der Waals surface area (Å²) in [6.45, 7) is -0.0340. The Labute approximate surface area is 241 Å². The van der Waals surface area contributed by atoms with E-state index in [2.05, 4.69) is 147 Å². The van der Waals surface area contributed by atoms with E-state index in [0.29, 0.717) is 0 Å². The zero-order chi connectivity index (χ0) is 27.4.